The first kappa shape index (κ1) is 24.6. The van der Waals surface area contributed by atoms with Gasteiger partial charge in [-0.3, -0.25) is 4.79 Å². The Kier molecular flexibility index (Phi) is 11.1. The maximum Gasteiger partial charge on any atom is 0.219 e. The van der Waals surface area contributed by atoms with E-state index in [4.69, 9.17) is 0 Å². The molecule has 0 radical (unpaired) electrons. The number of nitrogens with one attached hydrogen (secondary N) is 1. The van der Waals surface area contributed by atoms with Crippen molar-refractivity contribution in [1.82, 2.24) is 5.32 Å². The van der Waals surface area contributed by atoms with Gasteiger partial charge in [0, 0.05) is 25.3 Å². The Morgan fingerprint density at radius 3 is 2.87 bits per heavy atom. The van der Waals surface area contributed by atoms with Crippen LogP contribution < -0.4 is 5.32 Å². The molecule has 4 N–H and O–H groups in total. The highest BCUT2D eigenvalue weighted by atomic mass is 16.3. The van der Waals surface area contributed by atoms with Gasteiger partial charge in [0.05, 0.1) is 18.3 Å². The third kappa shape index (κ3) is 8.58. The van der Waals surface area contributed by atoms with Crippen molar-refractivity contribution in [2.75, 3.05) is 6.54 Å². The Bertz CT molecular complexity index is 637. The number of aliphatic hydroxyl groups excluding tert-OH is 3. The summed E-state index contributed by atoms with van der Waals surface area (Å²) in [5.41, 5.74) is 1.37. The van der Waals surface area contributed by atoms with Crippen LogP contribution in [0.25, 0.3) is 0 Å². The van der Waals surface area contributed by atoms with Gasteiger partial charge in [-0.25, -0.2) is 0 Å². The number of carbonyl (C=O) groups excluding carboxylic acids is 1. The van der Waals surface area contributed by atoms with Gasteiger partial charge in [0.1, 0.15) is 0 Å². The lowest BCUT2D eigenvalue weighted by atomic mass is 9.89. The quantitative estimate of drug-likeness (QED) is 0.289. The Labute approximate surface area is 181 Å². The summed E-state index contributed by atoms with van der Waals surface area (Å²) in [5.74, 6) is -0.110. The van der Waals surface area contributed by atoms with E-state index in [0.717, 1.165) is 32.1 Å². The van der Waals surface area contributed by atoms with E-state index in [0.29, 0.717) is 32.2 Å². The van der Waals surface area contributed by atoms with Crippen LogP contribution in [0.5, 0.6) is 0 Å². The lowest BCUT2D eigenvalue weighted by Crippen LogP contribution is -2.21. The molecule has 2 aliphatic rings. The van der Waals surface area contributed by atoms with Crippen LogP contribution in [-0.4, -0.2) is 46.1 Å². The molecule has 0 saturated heterocycles. The first-order valence-electron chi connectivity index (χ1n) is 11.5. The molecule has 1 saturated carbocycles. The van der Waals surface area contributed by atoms with Crippen molar-refractivity contribution in [3.63, 3.8) is 0 Å². The third-order valence-corrected chi connectivity index (χ3v) is 6.06. The normalized spacial score (nSPS) is 27.7. The van der Waals surface area contributed by atoms with Crippen LogP contribution in [-0.2, 0) is 4.79 Å². The fourth-order valence-corrected chi connectivity index (χ4v) is 4.29. The second kappa shape index (κ2) is 13.6. The van der Waals surface area contributed by atoms with Gasteiger partial charge in [-0.1, -0.05) is 48.1 Å². The first-order valence-corrected chi connectivity index (χ1v) is 11.5. The third-order valence-electron chi connectivity index (χ3n) is 6.06. The summed E-state index contributed by atoms with van der Waals surface area (Å²) in [6, 6.07) is 0. The average molecular weight is 418 g/mol. The van der Waals surface area contributed by atoms with E-state index < -0.39 is 18.3 Å². The van der Waals surface area contributed by atoms with Gasteiger partial charge in [-0.05, 0) is 57.8 Å². The number of carbonyl (C=O) groups is 1. The molecule has 0 aromatic rings. The zero-order valence-corrected chi connectivity index (χ0v) is 18.2. The monoisotopic (exact) mass is 417 g/mol. The molecule has 5 nitrogen and oxygen atoms in total. The molecule has 0 heterocycles. The van der Waals surface area contributed by atoms with Crippen LogP contribution in [0.15, 0.2) is 48.1 Å². The topological polar surface area (TPSA) is 89.8 Å². The van der Waals surface area contributed by atoms with Crippen molar-refractivity contribution >= 4 is 5.91 Å². The first-order chi connectivity index (χ1) is 14.5. The van der Waals surface area contributed by atoms with Crippen LogP contribution in [0.2, 0.25) is 0 Å². The molecular formula is C25H39NO4. The van der Waals surface area contributed by atoms with E-state index in [1.807, 2.05) is 19.1 Å². The van der Waals surface area contributed by atoms with E-state index >= 15 is 0 Å². The summed E-state index contributed by atoms with van der Waals surface area (Å²) in [7, 11) is 0. The molecule has 30 heavy (non-hydrogen) atoms. The lowest BCUT2D eigenvalue weighted by molar-refractivity contribution is -0.121. The molecule has 0 unspecified atom stereocenters. The minimum atomic E-state index is -0.578. The molecule has 168 valence electrons. The fraction of sp³-hybridized carbons (Fsp3) is 0.640. The van der Waals surface area contributed by atoms with Crippen molar-refractivity contribution in [2.45, 2.75) is 83.0 Å². The Balaban J connectivity index is 1.76. The molecule has 0 aromatic carbocycles. The van der Waals surface area contributed by atoms with E-state index in [-0.39, 0.29) is 17.7 Å². The maximum atomic E-state index is 11.4. The lowest BCUT2D eigenvalue weighted by Gasteiger charge is -2.19. The van der Waals surface area contributed by atoms with Crippen molar-refractivity contribution in [2.24, 2.45) is 11.8 Å². The summed E-state index contributed by atoms with van der Waals surface area (Å²) in [4.78, 5) is 11.4. The van der Waals surface area contributed by atoms with Gasteiger partial charge in [-0.2, -0.15) is 0 Å². The minimum Gasteiger partial charge on any atom is -0.393 e. The maximum absolute atomic E-state index is 11.4. The molecule has 0 aromatic heterocycles. The van der Waals surface area contributed by atoms with Gasteiger partial charge in [0.15, 0.2) is 0 Å². The van der Waals surface area contributed by atoms with Gasteiger partial charge in [-0.15, -0.1) is 0 Å². The number of aliphatic hydroxyl groups is 3. The highest BCUT2D eigenvalue weighted by Crippen LogP contribution is 2.36. The molecule has 2 aliphatic carbocycles. The smallest absolute Gasteiger partial charge is 0.219 e. The molecule has 1 amide bonds. The van der Waals surface area contributed by atoms with E-state index in [1.165, 1.54) is 5.57 Å². The van der Waals surface area contributed by atoms with Crippen molar-refractivity contribution in [3.05, 3.63) is 48.1 Å². The summed E-state index contributed by atoms with van der Waals surface area (Å²) >= 11 is 0. The minimum absolute atomic E-state index is 0.0470. The standard InChI is InChI=1S/C25H39NO4/c1-2-26-25(30)13-9-4-3-8-12-21-22(24(29)18-23(21)28)17-16-20(27)15-14-19-10-6-5-7-11-19/h3,5-6,8,10,16-17,20-24,27-29H,2,4,7,9,11-15,18H2,1H3,(H,26,30)/b8-3-,17-16+/t20-,21+,22+,23-,24+/m0/s1. The molecule has 0 aliphatic heterocycles. The van der Waals surface area contributed by atoms with E-state index in [9.17, 15) is 20.1 Å². The highest BCUT2D eigenvalue weighted by molar-refractivity contribution is 5.75. The number of hydrogen-bond acceptors (Lipinski definition) is 4. The predicted molar refractivity (Wildman–Crippen MR) is 121 cm³/mol. The van der Waals surface area contributed by atoms with Crippen molar-refractivity contribution < 1.29 is 20.1 Å². The highest BCUT2D eigenvalue weighted by Gasteiger charge is 2.39. The van der Waals surface area contributed by atoms with Crippen LogP contribution in [0.3, 0.4) is 0 Å². The van der Waals surface area contributed by atoms with Gasteiger partial charge < -0.3 is 20.6 Å². The van der Waals surface area contributed by atoms with Crippen LogP contribution in [0, 0.1) is 11.8 Å². The zero-order chi connectivity index (χ0) is 21.8. The zero-order valence-electron chi connectivity index (χ0n) is 18.2. The fourth-order valence-electron chi connectivity index (χ4n) is 4.29. The molecule has 0 spiro atoms. The molecule has 5 heteroatoms. The van der Waals surface area contributed by atoms with E-state index in [2.05, 4.69) is 29.6 Å². The molecule has 2 rings (SSSR count). The van der Waals surface area contributed by atoms with Crippen LogP contribution >= 0.6 is 0 Å². The van der Waals surface area contributed by atoms with E-state index in [1.54, 1.807) is 6.08 Å². The number of allylic oxidation sites excluding steroid dienone is 6. The summed E-state index contributed by atoms with van der Waals surface area (Å²) < 4.78 is 0. The molecule has 5 atom stereocenters. The Morgan fingerprint density at radius 2 is 2.13 bits per heavy atom. The Morgan fingerprint density at radius 1 is 1.30 bits per heavy atom. The summed E-state index contributed by atoms with van der Waals surface area (Å²) in [6.07, 6.45) is 19.4. The summed E-state index contributed by atoms with van der Waals surface area (Å²) in [6.45, 7) is 2.57. The predicted octanol–water partition coefficient (Wildman–Crippen LogP) is 3.57. The SMILES string of the molecule is CCNC(=O)CCC/C=C\C[C@@H]1[C@@H](/C=C/[C@@H](O)CCC2=CC=CCC2)[C@H](O)C[C@@H]1O. The Hall–Kier alpha value is -1.69. The number of rotatable bonds is 12. The van der Waals surface area contributed by atoms with Crippen molar-refractivity contribution in [1.29, 1.82) is 0 Å². The van der Waals surface area contributed by atoms with Gasteiger partial charge in [0.25, 0.3) is 0 Å². The second-order valence-corrected chi connectivity index (χ2v) is 8.45. The van der Waals surface area contributed by atoms with Crippen molar-refractivity contribution in [3.8, 4) is 0 Å². The molecular weight excluding hydrogens is 378 g/mol. The summed E-state index contributed by atoms with van der Waals surface area (Å²) in [5, 5.41) is 33.8. The largest absolute Gasteiger partial charge is 0.393 e. The number of unbranched alkanes of at least 4 members (excludes halogenated alkanes) is 1. The van der Waals surface area contributed by atoms with Gasteiger partial charge in [0.2, 0.25) is 5.91 Å². The molecule has 1 fully saturated rings. The van der Waals surface area contributed by atoms with Crippen LogP contribution in [0.1, 0.15) is 64.7 Å². The van der Waals surface area contributed by atoms with Gasteiger partial charge >= 0.3 is 0 Å². The second-order valence-electron chi connectivity index (χ2n) is 8.45. The number of amides is 1. The van der Waals surface area contributed by atoms with Crippen LogP contribution in [0.4, 0.5) is 0 Å². The number of hydrogen-bond donors (Lipinski definition) is 4. The molecule has 0 bridgehead atoms. The average Bonchev–Trinajstić information content (AvgIpc) is 3.00.